The highest BCUT2D eigenvalue weighted by molar-refractivity contribution is 5.76. The van der Waals surface area contributed by atoms with E-state index in [1.807, 2.05) is 0 Å². The van der Waals surface area contributed by atoms with Crippen molar-refractivity contribution in [2.75, 3.05) is 13.7 Å². The summed E-state index contributed by atoms with van der Waals surface area (Å²) in [5, 5.41) is 12.5. The number of rotatable bonds is 7. The van der Waals surface area contributed by atoms with E-state index in [2.05, 4.69) is 36.5 Å². The second-order valence-corrected chi connectivity index (χ2v) is 5.59. The zero-order valence-electron chi connectivity index (χ0n) is 13.6. The van der Waals surface area contributed by atoms with Gasteiger partial charge in [0.2, 0.25) is 5.91 Å². The van der Waals surface area contributed by atoms with Crippen molar-refractivity contribution in [2.24, 2.45) is 0 Å². The molecule has 1 amide bonds. The van der Waals surface area contributed by atoms with Crippen LogP contribution in [-0.2, 0) is 17.6 Å². The van der Waals surface area contributed by atoms with E-state index in [1.54, 1.807) is 18.2 Å². The molecule has 0 aromatic heterocycles. The molecule has 0 spiro atoms. The van der Waals surface area contributed by atoms with Crippen LogP contribution in [0.4, 0.5) is 0 Å². The van der Waals surface area contributed by atoms with Gasteiger partial charge < -0.3 is 15.2 Å². The summed E-state index contributed by atoms with van der Waals surface area (Å²) in [4.78, 5) is 11.9. The Balaban J connectivity index is 1.73. The van der Waals surface area contributed by atoms with Gasteiger partial charge in [0.1, 0.15) is 0 Å². The van der Waals surface area contributed by atoms with Crippen LogP contribution in [0.1, 0.15) is 23.1 Å². The number of benzene rings is 2. The number of carbonyl (C=O) groups is 1. The fraction of sp³-hybridized carbons (Fsp3) is 0.316. The number of hydrogen-bond donors (Lipinski definition) is 2. The van der Waals surface area contributed by atoms with E-state index < -0.39 is 0 Å². The van der Waals surface area contributed by atoms with E-state index in [0.29, 0.717) is 25.1 Å². The maximum Gasteiger partial charge on any atom is 0.220 e. The molecule has 2 N–H and O–H groups in total. The van der Waals surface area contributed by atoms with Crippen LogP contribution < -0.4 is 10.1 Å². The van der Waals surface area contributed by atoms with Crippen LogP contribution in [0.2, 0.25) is 0 Å². The van der Waals surface area contributed by atoms with Crippen LogP contribution >= 0.6 is 0 Å². The summed E-state index contributed by atoms with van der Waals surface area (Å²) in [6.45, 7) is 2.70. The highest BCUT2D eigenvalue weighted by Gasteiger charge is 2.06. The molecule has 2 aromatic rings. The first-order valence-electron chi connectivity index (χ1n) is 7.76. The molecule has 0 aliphatic carbocycles. The van der Waals surface area contributed by atoms with Gasteiger partial charge in [0, 0.05) is 13.0 Å². The monoisotopic (exact) mass is 313 g/mol. The van der Waals surface area contributed by atoms with Gasteiger partial charge >= 0.3 is 0 Å². The summed E-state index contributed by atoms with van der Waals surface area (Å²) in [7, 11) is 1.51. The van der Waals surface area contributed by atoms with E-state index in [1.165, 1.54) is 18.2 Å². The number of amides is 1. The van der Waals surface area contributed by atoms with E-state index in [4.69, 9.17) is 4.74 Å². The Bertz CT molecular complexity index is 650. The van der Waals surface area contributed by atoms with Gasteiger partial charge in [0.05, 0.1) is 7.11 Å². The Kier molecular flexibility index (Phi) is 6.03. The van der Waals surface area contributed by atoms with Crippen molar-refractivity contribution >= 4 is 5.91 Å². The fourth-order valence-corrected chi connectivity index (χ4v) is 2.32. The van der Waals surface area contributed by atoms with Crippen molar-refractivity contribution in [3.05, 3.63) is 59.2 Å². The molecule has 2 aromatic carbocycles. The van der Waals surface area contributed by atoms with Crippen LogP contribution in [0, 0.1) is 6.92 Å². The topological polar surface area (TPSA) is 58.6 Å². The van der Waals surface area contributed by atoms with E-state index in [9.17, 15) is 9.90 Å². The minimum absolute atomic E-state index is 0.0316. The van der Waals surface area contributed by atoms with Gasteiger partial charge in [-0.1, -0.05) is 35.9 Å². The lowest BCUT2D eigenvalue weighted by Gasteiger charge is -2.08. The standard InChI is InChI=1S/C19H23NO3/c1-14-3-5-15(6-4-14)11-12-20-19(22)10-8-16-7-9-17(21)18(13-16)23-2/h3-7,9,13,21H,8,10-12H2,1-2H3,(H,20,22). The van der Waals surface area contributed by atoms with Gasteiger partial charge in [-0.05, 0) is 43.0 Å². The molecule has 122 valence electrons. The fourth-order valence-electron chi connectivity index (χ4n) is 2.32. The number of hydrogen-bond acceptors (Lipinski definition) is 3. The van der Waals surface area contributed by atoms with Crippen LogP contribution in [0.25, 0.3) is 0 Å². The minimum atomic E-state index is 0.0316. The van der Waals surface area contributed by atoms with Crippen molar-refractivity contribution in [1.29, 1.82) is 0 Å². The number of phenols is 1. The second-order valence-electron chi connectivity index (χ2n) is 5.59. The molecular formula is C19H23NO3. The Labute approximate surface area is 137 Å². The third-order valence-corrected chi connectivity index (χ3v) is 3.74. The molecule has 0 aliphatic rings. The summed E-state index contributed by atoms with van der Waals surface area (Å²) >= 11 is 0. The number of methoxy groups -OCH3 is 1. The summed E-state index contributed by atoms with van der Waals surface area (Å²) < 4.78 is 5.06. The van der Waals surface area contributed by atoms with Crippen molar-refractivity contribution in [3.63, 3.8) is 0 Å². The zero-order valence-corrected chi connectivity index (χ0v) is 13.6. The highest BCUT2D eigenvalue weighted by Crippen LogP contribution is 2.26. The SMILES string of the molecule is COc1cc(CCC(=O)NCCc2ccc(C)cc2)ccc1O. The van der Waals surface area contributed by atoms with Crippen LogP contribution in [0.3, 0.4) is 0 Å². The van der Waals surface area contributed by atoms with Gasteiger partial charge in [-0.3, -0.25) is 4.79 Å². The molecular weight excluding hydrogens is 290 g/mol. The Hall–Kier alpha value is -2.49. The maximum atomic E-state index is 11.9. The summed E-state index contributed by atoms with van der Waals surface area (Å²) in [5.41, 5.74) is 3.43. The molecule has 23 heavy (non-hydrogen) atoms. The zero-order chi connectivity index (χ0) is 16.7. The first-order valence-corrected chi connectivity index (χ1v) is 7.76. The molecule has 0 fully saturated rings. The predicted molar refractivity (Wildman–Crippen MR) is 90.9 cm³/mol. The molecule has 0 radical (unpaired) electrons. The highest BCUT2D eigenvalue weighted by atomic mass is 16.5. The number of nitrogens with one attached hydrogen (secondary N) is 1. The molecule has 4 heteroatoms. The third kappa shape index (κ3) is 5.33. The third-order valence-electron chi connectivity index (χ3n) is 3.74. The number of ether oxygens (including phenoxy) is 1. The van der Waals surface area contributed by atoms with Crippen LogP contribution in [0.5, 0.6) is 11.5 Å². The molecule has 0 heterocycles. The number of carbonyl (C=O) groups excluding carboxylic acids is 1. The first-order chi connectivity index (χ1) is 11.1. The Morgan fingerprint density at radius 1 is 1.09 bits per heavy atom. The average Bonchev–Trinajstić information content (AvgIpc) is 2.56. The lowest BCUT2D eigenvalue weighted by molar-refractivity contribution is -0.121. The largest absolute Gasteiger partial charge is 0.504 e. The predicted octanol–water partition coefficient (Wildman–Crippen LogP) is 3.00. The van der Waals surface area contributed by atoms with Gasteiger partial charge in [-0.15, -0.1) is 0 Å². The molecule has 2 rings (SSSR count). The number of aromatic hydroxyl groups is 1. The van der Waals surface area contributed by atoms with Crippen molar-refractivity contribution in [3.8, 4) is 11.5 Å². The number of aryl methyl sites for hydroxylation is 2. The Morgan fingerprint density at radius 2 is 1.78 bits per heavy atom. The van der Waals surface area contributed by atoms with Gasteiger partial charge in [0.15, 0.2) is 11.5 Å². The second kappa shape index (κ2) is 8.22. The van der Waals surface area contributed by atoms with E-state index in [-0.39, 0.29) is 11.7 Å². The van der Waals surface area contributed by atoms with Gasteiger partial charge in [0.25, 0.3) is 0 Å². The molecule has 0 unspecified atom stereocenters. The first kappa shape index (κ1) is 16.9. The van der Waals surface area contributed by atoms with Gasteiger partial charge in [-0.25, -0.2) is 0 Å². The smallest absolute Gasteiger partial charge is 0.220 e. The van der Waals surface area contributed by atoms with Crippen molar-refractivity contribution in [2.45, 2.75) is 26.2 Å². The molecule has 0 saturated carbocycles. The molecule has 0 saturated heterocycles. The molecule has 4 nitrogen and oxygen atoms in total. The normalized spacial score (nSPS) is 10.3. The van der Waals surface area contributed by atoms with E-state index >= 15 is 0 Å². The minimum Gasteiger partial charge on any atom is -0.504 e. The molecule has 0 atom stereocenters. The van der Waals surface area contributed by atoms with Crippen LogP contribution in [0.15, 0.2) is 42.5 Å². The quantitative estimate of drug-likeness (QED) is 0.826. The van der Waals surface area contributed by atoms with Crippen molar-refractivity contribution in [1.82, 2.24) is 5.32 Å². The summed E-state index contributed by atoms with van der Waals surface area (Å²) in [6, 6.07) is 13.5. The summed E-state index contributed by atoms with van der Waals surface area (Å²) in [6.07, 6.45) is 1.87. The van der Waals surface area contributed by atoms with E-state index in [0.717, 1.165) is 12.0 Å². The molecule has 0 bridgehead atoms. The van der Waals surface area contributed by atoms with Crippen molar-refractivity contribution < 1.29 is 14.6 Å². The molecule has 0 aliphatic heterocycles. The average molecular weight is 313 g/mol. The summed E-state index contributed by atoms with van der Waals surface area (Å²) in [5.74, 6) is 0.574. The Morgan fingerprint density at radius 3 is 2.48 bits per heavy atom. The lowest BCUT2D eigenvalue weighted by Crippen LogP contribution is -2.25. The lowest BCUT2D eigenvalue weighted by atomic mass is 10.1. The van der Waals surface area contributed by atoms with Crippen LogP contribution in [-0.4, -0.2) is 24.7 Å². The number of phenolic OH excluding ortho intramolecular Hbond substituents is 1. The maximum absolute atomic E-state index is 11.9. The van der Waals surface area contributed by atoms with Gasteiger partial charge in [-0.2, -0.15) is 0 Å².